The second-order valence-electron chi connectivity index (χ2n) is 13.3. The van der Waals surface area contributed by atoms with Crippen LogP contribution in [0.5, 0.6) is 0 Å². The van der Waals surface area contributed by atoms with Gasteiger partial charge in [0.2, 0.25) is 0 Å². The number of rotatable bonds is 25. The first-order valence-electron chi connectivity index (χ1n) is 21.0. The predicted octanol–water partition coefficient (Wildman–Crippen LogP) is 12.6. The van der Waals surface area contributed by atoms with Crippen molar-refractivity contribution < 1.29 is 4.74 Å². The molecule has 0 amide bonds. The summed E-state index contributed by atoms with van der Waals surface area (Å²) in [6.07, 6.45) is 17.2. The third-order valence-corrected chi connectivity index (χ3v) is 26.6. The van der Waals surface area contributed by atoms with Crippen LogP contribution in [0.4, 0.5) is 0 Å². The van der Waals surface area contributed by atoms with Crippen LogP contribution in [0.3, 0.4) is 0 Å². The summed E-state index contributed by atoms with van der Waals surface area (Å²) in [5, 5.41) is 10.9. The molecule has 0 aliphatic heterocycles. The van der Waals surface area contributed by atoms with Gasteiger partial charge in [-0.1, -0.05) is 0 Å². The van der Waals surface area contributed by atoms with Gasteiger partial charge in [0.15, 0.2) is 0 Å². The van der Waals surface area contributed by atoms with E-state index in [1.165, 1.54) is 95.5 Å². The maximum absolute atomic E-state index is 5.47. The van der Waals surface area contributed by atoms with Gasteiger partial charge in [0.25, 0.3) is 0 Å². The molecule has 6 radical (unpaired) electrons. The van der Waals surface area contributed by atoms with Gasteiger partial charge < -0.3 is 0 Å². The molecule has 0 bridgehead atoms. The van der Waals surface area contributed by atoms with Crippen LogP contribution in [0.25, 0.3) is 0 Å². The molecule has 0 aliphatic rings. The molecule has 3 aromatic rings. The molecule has 3 rings (SSSR count). The zero-order valence-electron chi connectivity index (χ0n) is 34.4. The number of hydrogen-bond donors (Lipinski definition) is 0. The van der Waals surface area contributed by atoms with E-state index in [2.05, 4.69) is 139 Å². The van der Waals surface area contributed by atoms with Gasteiger partial charge in [0, 0.05) is 0 Å². The first-order chi connectivity index (χ1) is 25.1. The van der Waals surface area contributed by atoms with Gasteiger partial charge in [-0.15, -0.1) is 0 Å². The van der Waals surface area contributed by atoms with Crippen LogP contribution in [-0.2, 0) is 4.74 Å². The van der Waals surface area contributed by atoms with E-state index >= 15 is 0 Å². The van der Waals surface area contributed by atoms with Crippen molar-refractivity contribution in [3.8, 4) is 0 Å². The van der Waals surface area contributed by atoms with E-state index in [9.17, 15) is 0 Å². The number of ether oxygens (including phenoxy) is 1. The van der Waals surface area contributed by atoms with Gasteiger partial charge in [0.05, 0.1) is 0 Å². The molecule has 5 heteroatoms. The summed E-state index contributed by atoms with van der Waals surface area (Å²) in [5.74, 6) is 0. The molecule has 284 valence electrons. The van der Waals surface area contributed by atoms with Crippen molar-refractivity contribution in [3.63, 3.8) is 0 Å². The molecule has 0 fully saturated rings. The standard InChI is InChI=1S/C18H15Ge.C12H27GeO.2C8H18Ge/c1-4-10-16(11-5-1)19(17-12-6-2-7-13-17)18-14-8-3-9-15-18;1-4-7-9-13(10-8-5-2)11-12-14-6-3;2*1-3-5-7-9-8-6-4-2/h1-15H;4-12H2,1-3H3;2*3-8H2,1-2H3. The van der Waals surface area contributed by atoms with E-state index < -0.39 is 28.7 Å². The Bertz CT molecular complexity index is 923. The minimum atomic E-state index is -1.63. The zero-order chi connectivity index (χ0) is 37.5. The Morgan fingerprint density at radius 3 is 1.00 bits per heavy atom. The summed E-state index contributed by atoms with van der Waals surface area (Å²) in [6, 6.07) is 32.8. The van der Waals surface area contributed by atoms with Crippen LogP contribution < -0.4 is 13.2 Å². The van der Waals surface area contributed by atoms with E-state index in [0.717, 1.165) is 13.2 Å². The summed E-state index contributed by atoms with van der Waals surface area (Å²) >= 11 is -1.33. The molecule has 0 spiro atoms. The molecule has 1 nitrogen and oxygen atoms in total. The van der Waals surface area contributed by atoms with E-state index in [1.807, 2.05) is 0 Å². The summed E-state index contributed by atoms with van der Waals surface area (Å²) < 4.78 is 9.97. The molecule has 0 aromatic heterocycles. The second kappa shape index (κ2) is 41.0. The SMILES string of the molecule is CCC[CH2][Ge]([CH2]CCC)[CH2]COCC.CCC[CH2][Ge][CH2]CCC.CCC[CH2][Ge][CH2]CCC.c1cc[c]([Ge]([c]2ccccc2)[c]2ccccc2)cc1. The summed E-state index contributed by atoms with van der Waals surface area (Å²) in [4.78, 5) is 0. The van der Waals surface area contributed by atoms with Crippen LogP contribution in [0.2, 0.25) is 36.8 Å². The van der Waals surface area contributed by atoms with Crippen molar-refractivity contribution >= 4 is 72.7 Å². The Morgan fingerprint density at radius 1 is 0.412 bits per heavy atom. The van der Waals surface area contributed by atoms with Crippen LogP contribution in [0.1, 0.15) is 126 Å². The third kappa shape index (κ3) is 30.8. The normalized spacial score (nSPS) is 10.5. The molecule has 0 saturated heterocycles. The van der Waals surface area contributed by atoms with Crippen molar-refractivity contribution in [2.24, 2.45) is 0 Å². The van der Waals surface area contributed by atoms with Crippen LogP contribution in [0.15, 0.2) is 91.0 Å². The fourth-order valence-corrected chi connectivity index (χ4v) is 22.9. The van der Waals surface area contributed by atoms with Crippen molar-refractivity contribution in [2.45, 2.75) is 162 Å². The molecule has 0 atom stereocenters. The fraction of sp³-hybridized carbons (Fsp3) is 0.609. The molecule has 0 unspecified atom stereocenters. The number of benzene rings is 3. The molecule has 3 aromatic carbocycles. The van der Waals surface area contributed by atoms with Crippen LogP contribution >= 0.6 is 0 Å². The van der Waals surface area contributed by atoms with E-state index in [-0.39, 0.29) is 0 Å². The van der Waals surface area contributed by atoms with Crippen molar-refractivity contribution in [1.29, 1.82) is 0 Å². The monoisotopic (exact) mass is 942 g/mol. The van der Waals surface area contributed by atoms with Crippen LogP contribution in [-0.4, -0.2) is 72.8 Å². The number of hydrogen-bond acceptors (Lipinski definition) is 1. The maximum atomic E-state index is 5.47. The average molecular weight is 938 g/mol. The van der Waals surface area contributed by atoms with Gasteiger partial charge in [-0.05, 0) is 0 Å². The quantitative estimate of drug-likeness (QED) is 0.0608. The topological polar surface area (TPSA) is 9.23 Å². The second-order valence-corrected chi connectivity index (χ2v) is 31.1. The van der Waals surface area contributed by atoms with E-state index in [1.54, 1.807) is 31.5 Å². The first-order valence-corrected chi connectivity index (χ1v) is 34.5. The average Bonchev–Trinajstić information content (AvgIpc) is 3.18. The zero-order valence-corrected chi connectivity index (χ0v) is 42.8. The number of unbranched alkanes of at least 4 members (excludes halogenated alkanes) is 6. The summed E-state index contributed by atoms with van der Waals surface area (Å²) in [7, 11) is 0. The van der Waals surface area contributed by atoms with Gasteiger partial charge >= 0.3 is 344 Å². The van der Waals surface area contributed by atoms with Gasteiger partial charge in [-0.3, -0.25) is 0 Å². The predicted molar refractivity (Wildman–Crippen MR) is 241 cm³/mol. The minimum absolute atomic E-state index is 0.496. The molecule has 0 aliphatic carbocycles. The Kier molecular flexibility index (Phi) is 40.8. The van der Waals surface area contributed by atoms with Crippen molar-refractivity contribution in [3.05, 3.63) is 91.0 Å². The van der Waals surface area contributed by atoms with Gasteiger partial charge in [-0.25, -0.2) is 0 Å². The summed E-state index contributed by atoms with van der Waals surface area (Å²) in [6.45, 7) is 17.8. The summed E-state index contributed by atoms with van der Waals surface area (Å²) in [5.41, 5.74) is 0. The Labute approximate surface area is 341 Å². The Morgan fingerprint density at radius 2 is 0.725 bits per heavy atom. The molecule has 0 saturated carbocycles. The first kappa shape index (κ1) is 50.8. The fourth-order valence-electron chi connectivity index (χ4n) is 5.36. The Balaban J connectivity index is 0.000000694. The van der Waals surface area contributed by atoms with E-state index in [4.69, 9.17) is 4.74 Å². The molecular formula is C46H78Ge4O. The van der Waals surface area contributed by atoms with Gasteiger partial charge in [0.1, 0.15) is 0 Å². The van der Waals surface area contributed by atoms with Crippen molar-refractivity contribution in [2.75, 3.05) is 13.2 Å². The third-order valence-electron chi connectivity index (χ3n) is 8.59. The van der Waals surface area contributed by atoms with Crippen LogP contribution in [0, 0.1) is 0 Å². The Hall–Kier alpha value is -0.209. The van der Waals surface area contributed by atoms with E-state index in [0.29, 0.717) is 30.9 Å². The van der Waals surface area contributed by atoms with Crippen molar-refractivity contribution in [1.82, 2.24) is 0 Å². The molecule has 0 N–H and O–H groups in total. The molecular weight excluding hydrogens is 859 g/mol. The van der Waals surface area contributed by atoms with Gasteiger partial charge in [-0.2, -0.15) is 0 Å². The molecule has 51 heavy (non-hydrogen) atoms. The molecule has 0 heterocycles.